The van der Waals surface area contributed by atoms with E-state index < -0.39 is 0 Å². The topological polar surface area (TPSA) is 68.4 Å². The summed E-state index contributed by atoms with van der Waals surface area (Å²) < 4.78 is 5.37. The largest absolute Gasteiger partial charge is 0.504 e. The Labute approximate surface area is 91.0 Å². The van der Waals surface area contributed by atoms with Crippen LogP contribution in [0.5, 0.6) is 11.5 Å². The van der Waals surface area contributed by atoms with E-state index >= 15 is 0 Å². The third-order valence-electron chi connectivity index (χ3n) is 1.81. The number of para-hydroxylation sites is 2. The van der Waals surface area contributed by atoms with Crippen LogP contribution in [0, 0.1) is 0 Å². The average Bonchev–Trinajstić information content (AvgIpc) is 2.63. The van der Waals surface area contributed by atoms with Crippen LogP contribution in [-0.4, -0.2) is 10.1 Å². The Morgan fingerprint density at radius 1 is 1.40 bits per heavy atom. The maximum absolute atomic E-state index is 9.43. The molecule has 4 nitrogen and oxygen atoms in total. The number of thiazole rings is 1. The minimum Gasteiger partial charge on any atom is -0.504 e. The van der Waals surface area contributed by atoms with Crippen molar-refractivity contribution in [2.24, 2.45) is 0 Å². The summed E-state index contributed by atoms with van der Waals surface area (Å²) >= 11 is 1.37. The minimum absolute atomic E-state index is 0.126. The maximum Gasteiger partial charge on any atom is 0.180 e. The monoisotopic (exact) mass is 222 g/mol. The van der Waals surface area contributed by atoms with Crippen LogP contribution in [0.4, 0.5) is 5.13 Å². The second kappa shape index (κ2) is 4.18. The van der Waals surface area contributed by atoms with Gasteiger partial charge in [-0.05, 0) is 12.1 Å². The van der Waals surface area contributed by atoms with Crippen LogP contribution in [0.2, 0.25) is 0 Å². The Morgan fingerprint density at radius 2 is 2.20 bits per heavy atom. The molecule has 0 aliphatic heterocycles. The SMILES string of the molecule is Nc1nc(COc2ccccc2O)cs1. The standard InChI is InChI=1S/C10H10N2O2S/c11-10-12-7(6-15-10)5-14-9-4-2-1-3-8(9)13/h1-4,6,13H,5H2,(H2,11,12). The Kier molecular flexibility index (Phi) is 2.73. The number of hydrogen-bond donors (Lipinski definition) is 2. The molecule has 15 heavy (non-hydrogen) atoms. The number of aromatic hydroxyl groups is 1. The number of nitrogen functional groups attached to an aromatic ring is 1. The van der Waals surface area contributed by atoms with Crippen molar-refractivity contribution in [1.82, 2.24) is 4.98 Å². The normalized spacial score (nSPS) is 10.1. The minimum atomic E-state index is 0.126. The highest BCUT2D eigenvalue weighted by Crippen LogP contribution is 2.25. The second-order valence-electron chi connectivity index (χ2n) is 2.93. The number of benzene rings is 1. The van der Waals surface area contributed by atoms with Gasteiger partial charge < -0.3 is 15.6 Å². The first-order valence-corrected chi connectivity index (χ1v) is 5.24. The lowest BCUT2D eigenvalue weighted by Crippen LogP contribution is -1.96. The molecule has 0 saturated heterocycles. The number of nitrogens with zero attached hydrogens (tertiary/aromatic N) is 1. The molecule has 2 aromatic rings. The van der Waals surface area contributed by atoms with E-state index in [0.29, 0.717) is 17.5 Å². The zero-order valence-corrected chi connectivity index (χ0v) is 8.70. The third kappa shape index (κ3) is 2.38. The summed E-state index contributed by atoms with van der Waals surface area (Å²) in [4.78, 5) is 4.05. The molecule has 1 aromatic carbocycles. The van der Waals surface area contributed by atoms with Crippen molar-refractivity contribution in [1.29, 1.82) is 0 Å². The molecule has 0 saturated carbocycles. The van der Waals surface area contributed by atoms with Crippen molar-refractivity contribution in [2.45, 2.75) is 6.61 Å². The molecular weight excluding hydrogens is 212 g/mol. The van der Waals surface area contributed by atoms with E-state index in [2.05, 4.69) is 4.98 Å². The first-order chi connectivity index (χ1) is 7.25. The van der Waals surface area contributed by atoms with Gasteiger partial charge in [0.1, 0.15) is 6.61 Å². The average molecular weight is 222 g/mol. The fraction of sp³-hybridized carbons (Fsp3) is 0.100. The van der Waals surface area contributed by atoms with E-state index in [1.54, 1.807) is 24.3 Å². The molecule has 0 aliphatic rings. The highest BCUT2D eigenvalue weighted by molar-refractivity contribution is 7.13. The number of phenolic OH excluding ortho intramolecular Hbond substituents is 1. The van der Waals surface area contributed by atoms with Crippen LogP contribution in [0.15, 0.2) is 29.6 Å². The summed E-state index contributed by atoms with van der Waals surface area (Å²) in [5, 5.41) is 11.8. The highest BCUT2D eigenvalue weighted by atomic mass is 32.1. The summed E-state index contributed by atoms with van der Waals surface area (Å²) in [7, 11) is 0. The van der Waals surface area contributed by atoms with Gasteiger partial charge in [0.25, 0.3) is 0 Å². The van der Waals surface area contributed by atoms with Gasteiger partial charge in [-0.2, -0.15) is 0 Å². The van der Waals surface area contributed by atoms with Gasteiger partial charge >= 0.3 is 0 Å². The van der Waals surface area contributed by atoms with E-state index in [9.17, 15) is 5.11 Å². The number of hydrogen-bond acceptors (Lipinski definition) is 5. The van der Waals surface area contributed by atoms with Gasteiger partial charge in [0.15, 0.2) is 16.6 Å². The summed E-state index contributed by atoms with van der Waals surface area (Å²) in [5.41, 5.74) is 6.24. The molecule has 1 heterocycles. The molecule has 2 rings (SSSR count). The fourth-order valence-electron chi connectivity index (χ4n) is 1.12. The Morgan fingerprint density at radius 3 is 2.87 bits per heavy atom. The van der Waals surface area contributed by atoms with Crippen LogP contribution in [0.1, 0.15) is 5.69 Å². The van der Waals surface area contributed by atoms with Crippen LogP contribution in [-0.2, 0) is 6.61 Å². The third-order valence-corrected chi connectivity index (χ3v) is 2.53. The van der Waals surface area contributed by atoms with Gasteiger partial charge in [-0.3, -0.25) is 0 Å². The van der Waals surface area contributed by atoms with E-state index in [0.717, 1.165) is 5.69 Å². The van der Waals surface area contributed by atoms with E-state index in [1.807, 2.05) is 5.38 Å². The quantitative estimate of drug-likeness (QED) is 0.833. The number of anilines is 1. The molecule has 3 N–H and O–H groups in total. The predicted octanol–water partition coefficient (Wildman–Crippen LogP) is 2.01. The van der Waals surface area contributed by atoms with E-state index in [1.165, 1.54) is 11.3 Å². The predicted molar refractivity (Wildman–Crippen MR) is 59.0 cm³/mol. The lowest BCUT2D eigenvalue weighted by Gasteiger charge is -2.05. The van der Waals surface area contributed by atoms with Gasteiger partial charge in [0, 0.05) is 5.38 Å². The highest BCUT2D eigenvalue weighted by Gasteiger charge is 2.03. The zero-order valence-electron chi connectivity index (χ0n) is 7.88. The Hall–Kier alpha value is -1.75. The zero-order chi connectivity index (χ0) is 10.7. The Balaban J connectivity index is 2.02. The summed E-state index contributed by atoms with van der Waals surface area (Å²) in [6.45, 7) is 0.311. The van der Waals surface area contributed by atoms with E-state index in [4.69, 9.17) is 10.5 Å². The second-order valence-corrected chi connectivity index (χ2v) is 3.82. The van der Waals surface area contributed by atoms with Crippen molar-refractivity contribution in [3.05, 3.63) is 35.3 Å². The molecular formula is C10H10N2O2S. The molecule has 0 unspecified atom stereocenters. The maximum atomic E-state index is 9.43. The molecule has 0 radical (unpaired) electrons. The molecule has 1 aromatic heterocycles. The van der Waals surface area contributed by atoms with Crippen molar-refractivity contribution in [2.75, 3.05) is 5.73 Å². The number of nitrogens with two attached hydrogens (primary N) is 1. The molecule has 0 fully saturated rings. The number of ether oxygens (including phenoxy) is 1. The number of phenols is 1. The molecule has 5 heteroatoms. The van der Waals surface area contributed by atoms with Gasteiger partial charge in [0.05, 0.1) is 5.69 Å². The lowest BCUT2D eigenvalue weighted by molar-refractivity contribution is 0.285. The van der Waals surface area contributed by atoms with Crippen LogP contribution < -0.4 is 10.5 Å². The van der Waals surface area contributed by atoms with Crippen LogP contribution in [0.25, 0.3) is 0 Å². The van der Waals surface area contributed by atoms with Gasteiger partial charge in [-0.15, -0.1) is 11.3 Å². The van der Waals surface area contributed by atoms with Crippen LogP contribution >= 0.6 is 11.3 Å². The van der Waals surface area contributed by atoms with Crippen LogP contribution in [0.3, 0.4) is 0 Å². The summed E-state index contributed by atoms with van der Waals surface area (Å²) in [6.07, 6.45) is 0. The van der Waals surface area contributed by atoms with Crippen molar-refractivity contribution in [3.63, 3.8) is 0 Å². The molecule has 0 amide bonds. The molecule has 78 valence electrons. The number of aromatic nitrogens is 1. The van der Waals surface area contributed by atoms with Crippen molar-refractivity contribution >= 4 is 16.5 Å². The smallest absolute Gasteiger partial charge is 0.180 e. The summed E-state index contributed by atoms with van der Waals surface area (Å²) in [5.74, 6) is 0.574. The first-order valence-electron chi connectivity index (χ1n) is 4.36. The summed E-state index contributed by atoms with van der Waals surface area (Å²) in [6, 6.07) is 6.81. The van der Waals surface area contributed by atoms with Gasteiger partial charge in [-0.1, -0.05) is 12.1 Å². The van der Waals surface area contributed by atoms with E-state index in [-0.39, 0.29) is 5.75 Å². The molecule has 0 spiro atoms. The molecule has 0 aliphatic carbocycles. The molecule has 0 atom stereocenters. The Bertz CT molecular complexity index is 456. The lowest BCUT2D eigenvalue weighted by atomic mass is 10.3. The van der Waals surface area contributed by atoms with Gasteiger partial charge in [-0.25, -0.2) is 4.98 Å². The van der Waals surface area contributed by atoms with Crippen molar-refractivity contribution in [3.8, 4) is 11.5 Å². The first kappa shape index (κ1) is 9.79. The molecule has 0 bridgehead atoms. The van der Waals surface area contributed by atoms with Gasteiger partial charge in [0.2, 0.25) is 0 Å². The van der Waals surface area contributed by atoms with Crippen molar-refractivity contribution < 1.29 is 9.84 Å². The fourth-order valence-corrected chi connectivity index (χ4v) is 1.67. The number of rotatable bonds is 3.